The number of benzene rings is 8. The van der Waals surface area contributed by atoms with Crippen molar-refractivity contribution >= 4 is 54.3 Å². The zero-order valence-corrected chi connectivity index (χ0v) is 23.0. The van der Waals surface area contributed by atoms with Crippen molar-refractivity contribution in [3.63, 3.8) is 0 Å². The number of hydrogen-bond acceptors (Lipinski definition) is 1. The fourth-order valence-corrected chi connectivity index (χ4v) is 6.62. The van der Waals surface area contributed by atoms with Crippen LogP contribution in [0.15, 0.2) is 162 Å². The molecule has 1 heterocycles. The highest BCUT2D eigenvalue weighted by Crippen LogP contribution is 2.46. The van der Waals surface area contributed by atoms with Gasteiger partial charge in [-0.2, -0.15) is 0 Å². The third kappa shape index (κ3) is 3.72. The van der Waals surface area contributed by atoms with E-state index in [1.165, 1.54) is 0 Å². The summed E-state index contributed by atoms with van der Waals surface area (Å²) < 4.78 is 47.6. The lowest BCUT2D eigenvalue weighted by Gasteiger charge is -2.18. The van der Waals surface area contributed by atoms with Crippen molar-refractivity contribution in [3.8, 4) is 33.4 Å². The van der Waals surface area contributed by atoms with E-state index in [0.29, 0.717) is 5.56 Å². The second-order valence-electron chi connectivity index (χ2n) is 10.9. The highest BCUT2D eigenvalue weighted by molar-refractivity contribution is 6.24. The van der Waals surface area contributed by atoms with Crippen LogP contribution in [0.2, 0.25) is 0 Å². The Balaban J connectivity index is 1.27. The molecule has 0 aliphatic rings. The lowest BCUT2D eigenvalue weighted by Crippen LogP contribution is -1.91. The summed E-state index contributed by atoms with van der Waals surface area (Å²) >= 11 is 0. The molecule has 9 aromatic rings. The summed E-state index contributed by atoms with van der Waals surface area (Å²) in [5.74, 6) is 0. The van der Waals surface area contributed by atoms with E-state index < -0.39 is 0 Å². The second kappa shape index (κ2) is 9.44. The number of rotatable bonds is 3. The Hall–Kier alpha value is -5.66. The Labute approximate surface area is 256 Å². The molecule has 0 bridgehead atoms. The first kappa shape index (κ1) is 19.5. The van der Waals surface area contributed by atoms with Crippen LogP contribution in [0, 0.1) is 0 Å². The van der Waals surface area contributed by atoms with E-state index in [-0.39, 0.29) is 35.8 Å². The molecule has 0 saturated heterocycles. The molecule has 0 N–H and O–H groups in total. The lowest BCUT2D eigenvalue weighted by molar-refractivity contribution is 0.670. The fourth-order valence-electron chi connectivity index (χ4n) is 6.62. The Morgan fingerprint density at radius 3 is 1.67 bits per heavy atom. The molecule has 8 aromatic carbocycles. The number of furan rings is 1. The highest BCUT2D eigenvalue weighted by atomic mass is 16.3. The molecule has 43 heavy (non-hydrogen) atoms. The summed E-state index contributed by atoms with van der Waals surface area (Å²) in [6.07, 6.45) is 0. The molecular weight excluding hydrogens is 520 g/mol. The van der Waals surface area contributed by atoms with Crippen LogP contribution in [-0.2, 0) is 0 Å². The molecule has 0 fully saturated rings. The second-order valence-corrected chi connectivity index (χ2v) is 10.9. The van der Waals surface area contributed by atoms with Crippen LogP contribution < -0.4 is 0 Å². The molecule has 0 radical (unpaired) electrons. The van der Waals surface area contributed by atoms with Crippen LogP contribution in [-0.4, -0.2) is 0 Å². The van der Waals surface area contributed by atoms with Gasteiger partial charge in [-0.05, 0) is 72.8 Å². The van der Waals surface area contributed by atoms with Gasteiger partial charge >= 0.3 is 0 Å². The van der Waals surface area contributed by atoms with E-state index in [0.717, 1.165) is 76.5 Å². The molecule has 0 saturated carbocycles. The van der Waals surface area contributed by atoms with Gasteiger partial charge in [0.25, 0.3) is 0 Å². The van der Waals surface area contributed by atoms with E-state index in [2.05, 4.69) is 91.0 Å². The predicted octanol–water partition coefficient (Wildman–Crippen LogP) is 12.0. The van der Waals surface area contributed by atoms with Crippen molar-refractivity contribution in [1.29, 1.82) is 0 Å². The first-order valence-corrected chi connectivity index (χ1v) is 14.4. The van der Waals surface area contributed by atoms with Gasteiger partial charge in [-0.1, -0.05) is 139 Å². The normalized spacial score (nSPS) is 13.3. The zero-order chi connectivity index (χ0) is 32.7. The van der Waals surface area contributed by atoms with Crippen LogP contribution in [0.3, 0.4) is 0 Å². The number of hydrogen-bond donors (Lipinski definition) is 0. The van der Waals surface area contributed by atoms with Gasteiger partial charge in [0.1, 0.15) is 11.2 Å². The van der Waals surface area contributed by atoms with Crippen LogP contribution in [0.4, 0.5) is 0 Å². The first-order chi connectivity index (χ1) is 23.4. The van der Waals surface area contributed by atoms with Gasteiger partial charge in [0.05, 0.1) is 6.85 Å². The molecule has 0 spiro atoms. The monoisotopic (exact) mass is 551 g/mol. The van der Waals surface area contributed by atoms with E-state index in [1.54, 1.807) is 0 Å². The van der Waals surface area contributed by atoms with Gasteiger partial charge in [-0.3, -0.25) is 0 Å². The summed E-state index contributed by atoms with van der Waals surface area (Å²) in [5.41, 5.74) is 6.95. The van der Waals surface area contributed by atoms with E-state index in [9.17, 15) is 0 Å². The predicted molar refractivity (Wildman–Crippen MR) is 183 cm³/mol. The molecule has 9 rings (SSSR count). The van der Waals surface area contributed by atoms with Crippen molar-refractivity contribution in [2.24, 2.45) is 0 Å². The maximum Gasteiger partial charge on any atom is 0.143 e. The van der Waals surface area contributed by atoms with Crippen molar-refractivity contribution in [2.45, 2.75) is 0 Å². The summed E-state index contributed by atoms with van der Waals surface area (Å²) in [6, 6.07) is 42.3. The van der Waals surface area contributed by atoms with Gasteiger partial charge in [-0.15, -0.1) is 0 Å². The molecule has 1 aromatic heterocycles. The molecule has 200 valence electrons. The average molecular weight is 552 g/mol. The topological polar surface area (TPSA) is 13.1 Å². The molecule has 0 amide bonds. The Bertz CT molecular complexity index is 2710. The molecular formula is C42H26O. The van der Waals surface area contributed by atoms with Crippen molar-refractivity contribution in [3.05, 3.63) is 158 Å². The Morgan fingerprint density at radius 2 is 0.977 bits per heavy atom. The number of para-hydroxylation sites is 2. The van der Waals surface area contributed by atoms with E-state index in [1.807, 2.05) is 36.4 Å². The molecule has 1 heteroatoms. The largest absolute Gasteiger partial charge is 0.455 e. The summed E-state index contributed by atoms with van der Waals surface area (Å²) in [4.78, 5) is 0. The van der Waals surface area contributed by atoms with Gasteiger partial charge in [0.15, 0.2) is 0 Å². The molecule has 0 aliphatic carbocycles. The van der Waals surface area contributed by atoms with Crippen molar-refractivity contribution < 1.29 is 11.3 Å². The lowest BCUT2D eigenvalue weighted by atomic mass is 9.85. The smallest absolute Gasteiger partial charge is 0.143 e. The minimum atomic E-state index is -0.390. The fraction of sp³-hybridized carbons (Fsp3) is 0. The summed E-state index contributed by atoms with van der Waals surface area (Å²) in [6.45, 7) is 0. The van der Waals surface area contributed by atoms with Gasteiger partial charge in [0.2, 0.25) is 0 Å². The minimum absolute atomic E-state index is 0.201. The number of fused-ring (bicyclic) bond motifs is 6. The molecule has 1 nitrogen and oxygen atoms in total. The van der Waals surface area contributed by atoms with Crippen molar-refractivity contribution in [1.82, 2.24) is 0 Å². The van der Waals surface area contributed by atoms with Gasteiger partial charge in [0, 0.05) is 21.9 Å². The van der Waals surface area contributed by atoms with Crippen LogP contribution in [0.5, 0.6) is 0 Å². The average Bonchev–Trinajstić information content (AvgIpc) is 3.51. The first-order valence-electron chi connectivity index (χ1n) is 16.9. The summed E-state index contributed by atoms with van der Waals surface area (Å²) in [5, 5.41) is 8.65. The quantitative estimate of drug-likeness (QED) is 0.199. The van der Waals surface area contributed by atoms with Gasteiger partial charge < -0.3 is 4.42 Å². The third-order valence-corrected chi connectivity index (χ3v) is 8.52. The maximum absolute atomic E-state index is 8.45. The van der Waals surface area contributed by atoms with Gasteiger partial charge in [-0.25, -0.2) is 0 Å². The minimum Gasteiger partial charge on any atom is -0.455 e. The maximum atomic E-state index is 8.45. The van der Waals surface area contributed by atoms with Crippen LogP contribution in [0.1, 0.15) is 6.85 Å². The Kier molecular flexibility index (Phi) is 4.27. The van der Waals surface area contributed by atoms with Crippen LogP contribution in [0.25, 0.3) is 87.6 Å². The van der Waals surface area contributed by atoms with E-state index in [4.69, 9.17) is 11.3 Å². The summed E-state index contributed by atoms with van der Waals surface area (Å²) in [7, 11) is 0. The third-order valence-electron chi connectivity index (χ3n) is 8.52. The van der Waals surface area contributed by atoms with E-state index >= 15 is 0 Å². The molecule has 0 atom stereocenters. The SMILES string of the molecule is [2H]c1c([2H])c([2H])c(-c2ccc3cc(-c4c5ccccc5c(-c5cccc6c5oc5ccccc56)c5ccccc45)ccc3c2)c([2H])c1[2H]. The molecule has 0 unspecified atom stereocenters. The van der Waals surface area contributed by atoms with Crippen molar-refractivity contribution in [2.75, 3.05) is 0 Å². The standard InChI is InChI=1S/C42H26O/c1-2-11-27(12-3-1)28-21-22-30-26-31(24-23-29(30)25-28)40-33-14-4-6-16-35(33)41(36-17-7-5-15-34(36)40)38-19-10-18-37-32-13-8-9-20-39(32)43-42(37)38/h1-26H/i1D,2D,3D,11D,12D. The molecule has 0 aliphatic heterocycles. The highest BCUT2D eigenvalue weighted by Gasteiger charge is 2.20. The Morgan fingerprint density at radius 1 is 0.419 bits per heavy atom. The van der Waals surface area contributed by atoms with Crippen LogP contribution >= 0.6 is 0 Å². The zero-order valence-electron chi connectivity index (χ0n) is 28.0.